The molecule has 9 heteroatoms. The summed E-state index contributed by atoms with van der Waals surface area (Å²) < 4.78 is 17.4. The molecule has 0 amide bonds. The zero-order chi connectivity index (χ0) is 18.1. The SMILES string of the molecule is COc1cc(C=c2sc3nc(=O)c(C)nn3c2=O)cc(OC)c1OC. The third-order valence-electron chi connectivity index (χ3n) is 3.53. The molecule has 0 N–H and O–H groups in total. The Bertz CT molecular complexity index is 1090. The van der Waals surface area contributed by atoms with Crippen LogP contribution in [0.15, 0.2) is 21.7 Å². The number of hydrogen-bond donors (Lipinski definition) is 0. The molecule has 130 valence electrons. The van der Waals surface area contributed by atoms with Gasteiger partial charge in [-0.3, -0.25) is 9.59 Å². The van der Waals surface area contributed by atoms with Gasteiger partial charge in [-0.1, -0.05) is 11.3 Å². The Labute approximate surface area is 145 Å². The van der Waals surface area contributed by atoms with Crippen molar-refractivity contribution in [3.8, 4) is 17.2 Å². The van der Waals surface area contributed by atoms with Crippen LogP contribution in [0.1, 0.15) is 11.3 Å². The summed E-state index contributed by atoms with van der Waals surface area (Å²) in [5, 5.41) is 3.98. The van der Waals surface area contributed by atoms with E-state index in [1.165, 1.54) is 28.3 Å². The second kappa shape index (κ2) is 6.52. The van der Waals surface area contributed by atoms with Crippen molar-refractivity contribution in [1.29, 1.82) is 0 Å². The Kier molecular flexibility index (Phi) is 4.41. The van der Waals surface area contributed by atoms with E-state index in [-0.39, 0.29) is 16.2 Å². The Morgan fingerprint density at radius 2 is 1.72 bits per heavy atom. The predicted molar refractivity (Wildman–Crippen MR) is 93.0 cm³/mol. The summed E-state index contributed by atoms with van der Waals surface area (Å²) in [7, 11) is 4.55. The number of nitrogens with zero attached hydrogens (tertiary/aromatic N) is 3. The van der Waals surface area contributed by atoms with Gasteiger partial charge >= 0.3 is 0 Å². The number of benzene rings is 1. The van der Waals surface area contributed by atoms with E-state index in [0.717, 1.165) is 15.9 Å². The van der Waals surface area contributed by atoms with E-state index in [1.807, 2.05) is 0 Å². The van der Waals surface area contributed by atoms with E-state index in [4.69, 9.17) is 14.2 Å². The van der Waals surface area contributed by atoms with Gasteiger partial charge in [-0.05, 0) is 30.7 Å². The van der Waals surface area contributed by atoms with E-state index < -0.39 is 5.56 Å². The zero-order valence-electron chi connectivity index (χ0n) is 14.0. The van der Waals surface area contributed by atoms with Crippen LogP contribution in [0.3, 0.4) is 0 Å². The van der Waals surface area contributed by atoms with Gasteiger partial charge < -0.3 is 14.2 Å². The van der Waals surface area contributed by atoms with Gasteiger partial charge in [0.05, 0.1) is 25.9 Å². The highest BCUT2D eigenvalue weighted by Crippen LogP contribution is 2.38. The first-order chi connectivity index (χ1) is 12.0. The molecule has 25 heavy (non-hydrogen) atoms. The smallest absolute Gasteiger partial charge is 0.295 e. The molecule has 0 aliphatic heterocycles. The van der Waals surface area contributed by atoms with Gasteiger partial charge in [0, 0.05) is 0 Å². The highest BCUT2D eigenvalue weighted by Gasteiger charge is 2.13. The van der Waals surface area contributed by atoms with Crippen molar-refractivity contribution < 1.29 is 14.2 Å². The van der Waals surface area contributed by atoms with Crippen LogP contribution in [0.5, 0.6) is 17.2 Å². The lowest BCUT2D eigenvalue weighted by Gasteiger charge is -2.12. The molecule has 0 aliphatic rings. The molecule has 0 unspecified atom stereocenters. The first-order valence-corrected chi connectivity index (χ1v) is 8.02. The molecule has 0 fully saturated rings. The molecule has 1 aromatic carbocycles. The van der Waals surface area contributed by atoms with Gasteiger partial charge in [-0.15, -0.1) is 0 Å². The van der Waals surface area contributed by atoms with Crippen molar-refractivity contribution in [1.82, 2.24) is 14.6 Å². The van der Waals surface area contributed by atoms with Crippen LogP contribution < -0.4 is 29.9 Å². The van der Waals surface area contributed by atoms with E-state index >= 15 is 0 Å². The van der Waals surface area contributed by atoms with Gasteiger partial charge in [0.2, 0.25) is 10.7 Å². The molecule has 0 bridgehead atoms. The molecule has 0 saturated heterocycles. The maximum atomic E-state index is 12.5. The van der Waals surface area contributed by atoms with Crippen LogP contribution in [-0.2, 0) is 0 Å². The third-order valence-corrected chi connectivity index (χ3v) is 4.49. The van der Waals surface area contributed by atoms with Gasteiger partial charge in [-0.2, -0.15) is 14.6 Å². The number of aromatic nitrogens is 3. The number of aryl methyl sites for hydroxylation is 1. The van der Waals surface area contributed by atoms with Crippen LogP contribution in [-0.4, -0.2) is 35.9 Å². The summed E-state index contributed by atoms with van der Waals surface area (Å²) in [4.78, 5) is 28.2. The van der Waals surface area contributed by atoms with Crippen molar-refractivity contribution in [2.75, 3.05) is 21.3 Å². The normalized spacial score (nSPS) is 11.8. The molecule has 2 heterocycles. The zero-order valence-corrected chi connectivity index (χ0v) is 14.8. The van der Waals surface area contributed by atoms with Crippen molar-refractivity contribution in [3.63, 3.8) is 0 Å². The summed E-state index contributed by atoms with van der Waals surface area (Å²) in [5.74, 6) is 1.41. The minimum atomic E-state index is -0.444. The second-order valence-electron chi connectivity index (χ2n) is 5.07. The largest absolute Gasteiger partial charge is 0.493 e. The van der Waals surface area contributed by atoms with Crippen molar-refractivity contribution in [3.05, 3.63) is 48.6 Å². The summed E-state index contributed by atoms with van der Waals surface area (Å²) in [6.45, 7) is 1.52. The maximum Gasteiger partial charge on any atom is 0.295 e. The quantitative estimate of drug-likeness (QED) is 0.664. The summed E-state index contributed by atoms with van der Waals surface area (Å²) in [5.41, 5.74) is 0.0644. The summed E-state index contributed by atoms with van der Waals surface area (Å²) in [6.07, 6.45) is 1.66. The van der Waals surface area contributed by atoms with Gasteiger partial charge in [0.25, 0.3) is 11.1 Å². The Balaban J connectivity index is 2.25. The number of ether oxygens (including phenoxy) is 3. The Hall–Kier alpha value is -2.94. The Morgan fingerprint density at radius 3 is 2.28 bits per heavy atom. The van der Waals surface area contributed by atoms with Gasteiger partial charge in [0.1, 0.15) is 5.69 Å². The summed E-state index contributed by atoms with van der Waals surface area (Å²) >= 11 is 1.09. The van der Waals surface area contributed by atoms with Crippen LogP contribution in [0.2, 0.25) is 0 Å². The van der Waals surface area contributed by atoms with Crippen LogP contribution in [0.25, 0.3) is 11.0 Å². The lowest BCUT2D eigenvalue weighted by Crippen LogP contribution is -2.27. The number of fused-ring (bicyclic) bond motifs is 1. The molecule has 3 aromatic rings. The molecule has 0 aliphatic carbocycles. The van der Waals surface area contributed by atoms with Crippen LogP contribution in [0.4, 0.5) is 0 Å². The fourth-order valence-electron chi connectivity index (χ4n) is 2.32. The second-order valence-corrected chi connectivity index (χ2v) is 6.08. The summed E-state index contributed by atoms with van der Waals surface area (Å²) in [6, 6.07) is 3.45. The fourth-order valence-corrected chi connectivity index (χ4v) is 3.23. The first kappa shape index (κ1) is 16.9. The minimum Gasteiger partial charge on any atom is -0.493 e. The average molecular weight is 361 g/mol. The van der Waals surface area contributed by atoms with E-state index in [2.05, 4.69) is 10.1 Å². The fraction of sp³-hybridized carbons (Fsp3) is 0.250. The third kappa shape index (κ3) is 2.93. The highest BCUT2D eigenvalue weighted by atomic mass is 32.1. The monoisotopic (exact) mass is 361 g/mol. The van der Waals surface area contributed by atoms with Crippen LogP contribution in [0, 0.1) is 6.92 Å². The lowest BCUT2D eigenvalue weighted by atomic mass is 10.1. The van der Waals surface area contributed by atoms with Gasteiger partial charge in [0.15, 0.2) is 11.5 Å². The molecular formula is C16H15N3O5S. The van der Waals surface area contributed by atoms with Crippen LogP contribution >= 0.6 is 11.3 Å². The first-order valence-electron chi connectivity index (χ1n) is 7.20. The molecule has 0 atom stereocenters. The molecule has 0 saturated carbocycles. The molecule has 0 radical (unpaired) electrons. The number of rotatable bonds is 4. The molecule has 0 spiro atoms. The van der Waals surface area contributed by atoms with Crippen molar-refractivity contribution >= 4 is 22.4 Å². The van der Waals surface area contributed by atoms with E-state index in [0.29, 0.717) is 27.3 Å². The average Bonchev–Trinajstić information content (AvgIpc) is 2.89. The Morgan fingerprint density at radius 1 is 1.08 bits per heavy atom. The number of thiazole rings is 1. The molecular weight excluding hydrogens is 346 g/mol. The van der Waals surface area contributed by atoms with Crippen molar-refractivity contribution in [2.24, 2.45) is 0 Å². The minimum absolute atomic E-state index is 0.173. The number of methoxy groups -OCH3 is 3. The maximum absolute atomic E-state index is 12.5. The standard InChI is InChI=1S/C16H15N3O5S/c1-8-14(20)17-16-19(18-8)15(21)12(25-16)7-9-5-10(22-2)13(24-4)11(6-9)23-3/h5-7H,1-4H3. The molecule has 3 rings (SSSR count). The molecule has 8 nitrogen and oxygen atoms in total. The number of hydrogen-bond acceptors (Lipinski definition) is 8. The van der Waals surface area contributed by atoms with Gasteiger partial charge in [-0.25, -0.2) is 0 Å². The van der Waals surface area contributed by atoms with E-state index in [1.54, 1.807) is 18.2 Å². The van der Waals surface area contributed by atoms with E-state index in [9.17, 15) is 9.59 Å². The highest BCUT2D eigenvalue weighted by molar-refractivity contribution is 7.15. The molecule has 2 aromatic heterocycles. The predicted octanol–water partition coefficient (Wildman–Crippen LogP) is 0.393. The lowest BCUT2D eigenvalue weighted by molar-refractivity contribution is 0.324. The topological polar surface area (TPSA) is 92.0 Å². The van der Waals surface area contributed by atoms with Crippen molar-refractivity contribution in [2.45, 2.75) is 6.92 Å².